The average molecular weight is 292 g/mol. The first-order valence-corrected chi connectivity index (χ1v) is 8.59. The average Bonchev–Trinajstić information content (AvgIpc) is 2.45. The third-order valence-electron chi connectivity index (χ3n) is 3.81. The minimum atomic E-state index is 0.0434. The van der Waals surface area contributed by atoms with Gasteiger partial charge >= 0.3 is 0 Å². The Kier molecular flexibility index (Phi) is 5.92. The lowest BCUT2D eigenvalue weighted by molar-refractivity contribution is -0.115. The first-order valence-electron chi connectivity index (χ1n) is 7.30. The Labute approximate surface area is 125 Å². The molecule has 0 spiro atoms. The number of thioether (sulfide) groups is 1. The topological polar surface area (TPSA) is 41.1 Å². The Morgan fingerprint density at radius 1 is 1.40 bits per heavy atom. The van der Waals surface area contributed by atoms with Crippen LogP contribution in [0.4, 0.5) is 5.69 Å². The summed E-state index contributed by atoms with van der Waals surface area (Å²) in [6.07, 6.45) is 7.13. The molecule has 1 aliphatic carbocycles. The SMILES string of the molecule is CSC1CCCC(NCC(=O)Nc2cccc(C)c2)C1. The molecule has 2 unspecified atom stereocenters. The number of hydrogen-bond acceptors (Lipinski definition) is 3. The number of carbonyl (C=O) groups is 1. The fourth-order valence-electron chi connectivity index (χ4n) is 2.71. The lowest BCUT2D eigenvalue weighted by atomic mass is 9.95. The lowest BCUT2D eigenvalue weighted by Crippen LogP contribution is -2.39. The van der Waals surface area contributed by atoms with Crippen LogP contribution < -0.4 is 10.6 Å². The van der Waals surface area contributed by atoms with Crippen LogP contribution in [-0.4, -0.2) is 30.0 Å². The van der Waals surface area contributed by atoms with E-state index in [1.807, 2.05) is 43.0 Å². The molecular formula is C16H24N2OS. The maximum absolute atomic E-state index is 11.9. The Morgan fingerprint density at radius 3 is 3.00 bits per heavy atom. The van der Waals surface area contributed by atoms with Crippen LogP contribution in [0.1, 0.15) is 31.2 Å². The van der Waals surface area contributed by atoms with Crippen LogP contribution in [0.5, 0.6) is 0 Å². The highest BCUT2D eigenvalue weighted by Crippen LogP contribution is 2.26. The van der Waals surface area contributed by atoms with E-state index in [2.05, 4.69) is 16.9 Å². The Hall–Kier alpha value is -1.00. The molecule has 1 saturated carbocycles. The molecule has 4 heteroatoms. The van der Waals surface area contributed by atoms with E-state index in [4.69, 9.17) is 0 Å². The van der Waals surface area contributed by atoms with Crippen LogP contribution in [0.3, 0.4) is 0 Å². The lowest BCUT2D eigenvalue weighted by Gasteiger charge is -2.28. The van der Waals surface area contributed by atoms with Gasteiger partial charge in [0.05, 0.1) is 6.54 Å². The first-order chi connectivity index (χ1) is 9.67. The summed E-state index contributed by atoms with van der Waals surface area (Å²) in [6.45, 7) is 2.43. The zero-order valence-electron chi connectivity index (χ0n) is 12.3. The van der Waals surface area contributed by atoms with Gasteiger partial charge in [0.1, 0.15) is 0 Å². The Morgan fingerprint density at radius 2 is 2.25 bits per heavy atom. The first kappa shape index (κ1) is 15.4. The maximum atomic E-state index is 11.9. The summed E-state index contributed by atoms with van der Waals surface area (Å²) in [5.41, 5.74) is 2.04. The van der Waals surface area contributed by atoms with Gasteiger partial charge in [-0.25, -0.2) is 0 Å². The predicted octanol–water partition coefficient (Wildman–Crippen LogP) is 3.20. The zero-order valence-corrected chi connectivity index (χ0v) is 13.1. The number of anilines is 1. The second-order valence-electron chi connectivity index (χ2n) is 5.52. The van der Waals surface area contributed by atoms with E-state index in [9.17, 15) is 4.79 Å². The summed E-state index contributed by atoms with van der Waals surface area (Å²) in [7, 11) is 0. The molecule has 1 aliphatic rings. The smallest absolute Gasteiger partial charge is 0.238 e. The normalized spacial score (nSPS) is 22.5. The second-order valence-corrected chi connectivity index (χ2v) is 6.66. The molecule has 1 fully saturated rings. The number of amides is 1. The highest BCUT2D eigenvalue weighted by Gasteiger charge is 2.21. The monoisotopic (exact) mass is 292 g/mol. The number of hydrogen-bond donors (Lipinski definition) is 2. The van der Waals surface area contributed by atoms with Crippen LogP contribution in [0.2, 0.25) is 0 Å². The third-order valence-corrected chi connectivity index (χ3v) is 4.91. The summed E-state index contributed by atoms with van der Waals surface area (Å²) in [5, 5.41) is 7.09. The molecule has 2 atom stereocenters. The molecule has 3 nitrogen and oxygen atoms in total. The summed E-state index contributed by atoms with van der Waals surface area (Å²) < 4.78 is 0. The van der Waals surface area contributed by atoms with Crippen molar-refractivity contribution in [3.05, 3.63) is 29.8 Å². The van der Waals surface area contributed by atoms with Crippen molar-refractivity contribution in [1.29, 1.82) is 0 Å². The van der Waals surface area contributed by atoms with Crippen molar-refractivity contribution in [3.63, 3.8) is 0 Å². The summed E-state index contributed by atoms with van der Waals surface area (Å²) in [4.78, 5) is 11.9. The molecule has 1 amide bonds. The number of rotatable bonds is 5. The molecule has 2 rings (SSSR count). The van der Waals surface area contributed by atoms with Crippen LogP contribution in [0.25, 0.3) is 0 Å². The largest absolute Gasteiger partial charge is 0.325 e. The van der Waals surface area contributed by atoms with Gasteiger partial charge in [0.25, 0.3) is 0 Å². The van der Waals surface area contributed by atoms with Gasteiger partial charge in [0.15, 0.2) is 0 Å². The van der Waals surface area contributed by atoms with E-state index < -0.39 is 0 Å². The molecule has 0 saturated heterocycles. The van der Waals surface area contributed by atoms with Crippen LogP contribution in [0.15, 0.2) is 24.3 Å². The van der Waals surface area contributed by atoms with Gasteiger partial charge in [0.2, 0.25) is 5.91 Å². The molecule has 1 aromatic rings. The van der Waals surface area contributed by atoms with E-state index >= 15 is 0 Å². The molecule has 0 bridgehead atoms. The molecule has 0 aliphatic heterocycles. The fraction of sp³-hybridized carbons (Fsp3) is 0.562. The number of carbonyl (C=O) groups excluding carboxylic acids is 1. The number of aryl methyl sites for hydroxylation is 1. The number of benzene rings is 1. The Bertz CT molecular complexity index is 450. The van der Waals surface area contributed by atoms with E-state index in [-0.39, 0.29) is 5.91 Å². The van der Waals surface area contributed by atoms with Crippen LogP contribution >= 0.6 is 11.8 Å². The molecule has 0 heterocycles. The van der Waals surface area contributed by atoms with Crippen molar-refractivity contribution in [3.8, 4) is 0 Å². The zero-order chi connectivity index (χ0) is 14.4. The van der Waals surface area contributed by atoms with Gasteiger partial charge in [0, 0.05) is 17.0 Å². The van der Waals surface area contributed by atoms with Gasteiger partial charge < -0.3 is 10.6 Å². The molecule has 0 radical (unpaired) electrons. The van der Waals surface area contributed by atoms with E-state index in [1.54, 1.807) is 0 Å². The highest BCUT2D eigenvalue weighted by molar-refractivity contribution is 7.99. The molecule has 1 aromatic carbocycles. The molecule has 2 N–H and O–H groups in total. The van der Waals surface area contributed by atoms with Gasteiger partial charge in [-0.05, 0) is 50.1 Å². The molecular weight excluding hydrogens is 268 g/mol. The quantitative estimate of drug-likeness (QED) is 0.875. The number of nitrogens with one attached hydrogen (secondary N) is 2. The van der Waals surface area contributed by atoms with Crippen molar-refractivity contribution < 1.29 is 4.79 Å². The Balaban J connectivity index is 1.75. The van der Waals surface area contributed by atoms with E-state index in [0.717, 1.165) is 16.5 Å². The van der Waals surface area contributed by atoms with E-state index in [0.29, 0.717) is 12.6 Å². The third kappa shape index (κ3) is 4.84. The highest BCUT2D eigenvalue weighted by atomic mass is 32.2. The van der Waals surface area contributed by atoms with Crippen molar-refractivity contribution in [2.24, 2.45) is 0 Å². The molecule has 20 heavy (non-hydrogen) atoms. The molecule has 110 valence electrons. The van der Waals surface area contributed by atoms with E-state index in [1.165, 1.54) is 25.7 Å². The molecule has 0 aromatic heterocycles. The van der Waals surface area contributed by atoms with Gasteiger partial charge in [-0.3, -0.25) is 4.79 Å². The van der Waals surface area contributed by atoms with Crippen molar-refractivity contribution in [2.45, 2.75) is 43.9 Å². The predicted molar refractivity (Wildman–Crippen MR) is 87.4 cm³/mol. The van der Waals surface area contributed by atoms with Gasteiger partial charge in [-0.1, -0.05) is 18.6 Å². The fourth-order valence-corrected chi connectivity index (χ4v) is 3.54. The summed E-state index contributed by atoms with van der Waals surface area (Å²) in [6, 6.07) is 8.39. The van der Waals surface area contributed by atoms with Gasteiger partial charge in [-0.15, -0.1) is 0 Å². The van der Waals surface area contributed by atoms with Crippen molar-refractivity contribution in [2.75, 3.05) is 18.1 Å². The van der Waals surface area contributed by atoms with Crippen LogP contribution in [0, 0.1) is 6.92 Å². The van der Waals surface area contributed by atoms with Crippen LogP contribution in [-0.2, 0) is 4.79 Å². The minimum Gasteiger partial charge on any atom is -0.325 e. The standard InChI is InChI=1S/C16H24N2OS/c1-12-5-3-7-14(9-12)18-16(19)11-17-13-6-4-8-15(10-13)20-2/h3,5,7,9,13,15,17H,4,6,8,10-11H2,1-2H3,(H,18,19). The summed E-state index contributed by atoms with van der Waals surface area (Å²) >= 11 is 1.95. The minimum absolute atomic E-state index is 0.0434. The van der Waals surface area contributed by atoms with Gasteiger partial charge in [-0.2, -0.15) is 11.8 Å². The van der Waals surface area contributed by atoms with Crippen molar-refractivity contribution in [1.82, 2.24) is 5.32 Å². The summed E-state index contributed by atoms with van der Waals surface area (Å²) in [5.74, 6) is 0.0434. The second kappa shape index (κ2) is 7.70. The maximum Gasteiger partial charge on any atom is 0.238 e. The van der Waals surface area contributed by atoms with Crippen molar-refractivity contribution >= 4 is 23.4 Å².